The van der Waals surface area contributed by atoms with Crippen LogP contribution < -0.4 is 0 Å². The van der Waals surface area contributed by atoms with E-state index in [4.69, 9.17) is 26.6 Å². The van der Waals surface area contributed by atoms with Crippen molar-refractivity contribution in [2.24, 2.45) is 0 Å². The molecule has 0 saturated heterocycles. The Hall–Kier alpha value is 0.894. The molecule has 0 aromatic heterocycles. The van der Waals surface area contributed by atoms with Crippen LogP contribution in [0.4, 0.5) is 0 Å². The summed E-state index contributed by atoms with van der Waals surface area (Å²) in [6, 6.07) is 0.714. The highest BCUT2D eigenvalue weighted by atomic mass is 32.3. The van der Waals surface area contributed by atoms with Gasteiger partial charge in [-0.3, -0.25) is 0 Å². The zero-order valence-electron chi connectivity index (χ0n) is 11.4. The zero-order valence-corrected chi connectivity index (χ0v) is 15.1. The molecule has 0 N–H and O–H groups in total. The van der Waals surface area contributed by atoms with Crippen molar-refractivity contribution in [2.75, 3.05) is 47.2 Å². The van der Waals surface area contributed by atoms with E-state index in [1.165, 1.54) is 14.2 Å². The topological polar surface area (TPSA) is 55.4 Å². The molecule has 0 heterocycles. The number of hydrogen-bond acceptors (Lipinski definition) is 8. The van der Waals surface area contributed by atoms with Crippen LogP contribution in [0.2, 0.25) is 6.04 Å². The first-order valence-corrected chi connectivity index (χ1v) is 11.3. The molecule has 0 atom stereocenters. The fraction of sp³-hybridized carbons (Fsp3) is 1.00. The van der Waals surface area contributed by atoms with Crippen molar-refractivity contribution in [3.63, 3.8) is 0 Å². The quantitative estimate of drug-likeness (QED) is 0.264. The molecule has 0 aromatic rings. The van der Waals surface area contributed by atoms with Crippen LogP contribution in [0.5, 0.6) is 0 Å². The lowest BCUT2D eigenvalue weighted by Crippen LogP contribution is -2.43. The highest BCUT2D eigenvalue weighted by molar-refractivity contribution is 8.11. The second kappa shape index (κ2) is 9.74. The predicted octanol–water partition coefficient (Wildman–Crippen LogP) is 1.23. The second-order valence-corrected chi connectivity index (χ2v) is 11.1. The summed E-state index contributed by atoms with van der Waals surface area (Å²) in [5.74, 6) is 1.24. The van der Waals surface area contributed by atoms with Gasteiger partial charge < -0.3 is 26.6 Å². The third-order valence-corrected chi connectivity index (χ3v) is 9.43. The van der Waals surface area contributed by atoms with Gasteiger partial charge in [0, 0.05) is 41.6 Å². The molecule has 0 aromatic carbocycles. The molecular formula is C8H22O6S2Si2. The molecule has 0 aliphatic carbocycles. The monoisotopic (exact) mass is 334 g/mol. The van der Waals surface area contributed by atoms with Gasteiger partial charge in [0.25, 0.3) is 0 Å². The minimum absolute atomic E-state index is 0.443. The molecule has 0 aliphatic rings. The number of thiol groups is 1. The summed E-state index contributed by atoms with van der Waals surface area (Å²) in [6.45, 7) is 0. The van der Waals surface area contributed by atoms with Crippen LogP contribution in [0.25, 0.3) is 0 Å². The lowest BCUT2D eigenvalue weighted by atomic mass is 11.0. The molecule has 0 unspecified atom stereocenters. The van der Waals surface area contributed by atoms with E-state index in [2.05, 4.69) is 12.1 Å². The molecule has 0 spiro atoms. The van der Waals surface area contributed by atoms with Gasteiger partial charge >= 0.3 is 16.8 Å². The lowest BCUT2D eigenvalue weighted by molar-refractivity contribution is 0.125. The first kappa shape index (κ1) is 18.9. The Labute approximate surface area is 120 Å². The van der Waals surface area contributed by atoms with E-state index in [0.717, 1.165) is 5.75 Å². The second-order valence-electron chi connectivity index (χ2n) is 3.15. The van der Waals surface area contributed by atoms with Crippen LogP contribution in [0, 0.1) is 0 Å². The van der Waals surface area contributed by atoms with Crippen molar-refractivity contribution in [3.05, 3.63) is 0 Å². The molecule has 110 valence electrons. The van der Waals surface area contributed by atoms with Crippen molar-refractivity contribution in [3.8, 4) is 0 Å². The van der Waals surface area contributed by atoms with E-state index < -0.39 is 16.8 Å². The van der Waals surface area contributed by atoms with Crippen molar-refractivity contribution in [2.45, 2.75) is 6.04 Å². The van der Waals surface area contributed by atoms with Crippen LogP contribution in [0.3, 0.4) is 0 Å². The van der Waals surface area contributed by atoms with Gasteiger partial charge in [-0.25, -0.2) is 0 Å². The van der Waals surface area contributed by atoms with Crippen molar-refractivity contribution >= 4 is 40.6 Å². The van der Waals surface area contributed by atoms with Crippen molar-refractivity contribution in [1.82, 2.24) is 0 Å². The van der Waals surface area contributed by atoms with E-state index >= 15 is 0 Å². The Morgan fingerprint density at radius 3 is 1.78 bits per heavy atom. The molecule has 0 fully saturated rings. The number of rotatable bonds is 11. The summed E-state index contributed by atoms with van der Waals surface area (Å²) in [5.41, 5.74) is 0. The highest BCUT2D eigenvalue weighted by Gasteiger charge is 2.37. The molecule has 0 saturated carbocycles. The van der Waals surface area contributed by atoms with Gasteiger partial charge in [0.15, 0.2) is 0 Å². The minimum atomic E-state index is -2.73. The summed E-state index contributed by atoms with van der Waals surface area (Å²) < 4.78 is 31.5. The van der Waals surface area contributed by atoms with E-state index in [-0.39, 0.29) is 0 Å². The molecule has 0 rings (SSSR count). The first-order chi connectivity index (χ1) is 8.51. The van der Waals surface area contributed by atoms with E-state index in [9.17, 15) is 0 Å². The van der Waals surface area contributed by atoms with Crippen LogP contribution in [-0.4, -0.2) is 64.0 Å². The van der Waals surface area contributed by atoms with Gasteiger partial charge in [-0.15, -0.1) is 23.8 Å². The normalized spacial score (nSPS) is 13.0. The van der Waals surface area contributed by atoms with Crippen LogP contribution in [-0.2, 0) is 26.6 Å². The minimum Gasteiger partial charge on any atom is -0.377 e. The summed E-state index contributed by atoms with van der Waals surface area (Å²) in [5, 5.41) is 0. The molecule has 0 amide bonds. The molecule has 0 radical (unpaired) electrons. The molecule has 0 bridgehead atoms. The Kier molecular flexibility index (Phi) is 10.2. The zero-order chi connectivity index (χ0) is 14.1. The maximum absolute atomic E-state index is 5.46. The van der Waals surface area contributed by atoms with Crippen molar-refractivity contribution in [1.29, 1.82) is 0 Å². The fourth-order valence-electron chi connectivity index (χ4n) is 1.13. The smallest absolute Gasteiger partial charge is 0.377 e. The van der Waals surface area contributed by atoms with Gasteiger partial charge in [-0.05, 0) is 5.75 Å². The maximum atomic E-state index is 5.46. The Bertz CT molecular complexity index is 207. The maximum Gasteiger partial charge on any atom is 0.570 e. The standard InChI is InChI=1S/C8H22O6S2Si2/c1-9-17(10-2,11-3)7-6-16-8-14-18(15,12-4)13-5/h15H,6-8H2,1-5H3. The Morgan fingerprint density at radius 2 is 1.39 bits per heavy atom. The van der Waals surface area contributed by atoms with E-state index in [1.54, 1.807) is 33.1 Å². The van der Waals surface area contributed by atoms with Crippen molar-refractivity contribution < 1.29 is 26.6 Å². The summed E-state index contributed by atoms with van der Waals surface area (Å²) >= 11 is 5.81. The Balaban J connectivity index is 3.86. The van der Waals surface area contributed by atoms with Gasteiger partial charge in [0.05, 0.1) is 5.94 Å². The first-order valence-electron chi connectivity index (χ1n) is 5.21. The summed E-state index contributed by atoms with van der Waals surface area (Å²) in [6.07, 6.45) is 0. The van der Waals surface area contributed by atoms with E-state index in [1.807, 2.05) is 0 Å². The van der Waals surface area contributed by atoms with E-state index in [0.29, 0.717) is 12.0 Å². The van der Waals surface area contributed by atoms with Crippen LogP contribution in [0.1, 0.15) is 0 Å². The third kappa shape index (κ3) is 6.36. The molecule has 10 heteroatoms. The summed E-state index contributed by atoms with van der Waals surface area (Å²) in [7, 11) is 2.63. The molecular weight excluding hydrogens is 312 g/mol. The lowest BCUT2D eigenvalue weighted by Gasteiger charge is -2.24. The molecule has 6 nitrogen and oxygen atoms in total. The SMILES string of the molecule is CO[Si](S)(OC)OCSCC[Si](OC)(OC)OC. The largest absolute Gasteiger partial charge is 0.570 e. The summed E-state index contributed by atoms with van der Waals surface area (Å²) in [4.78, 5) is 0. The van der Waals surface area contributed by atoms with Crippen LogP contribution >= 0.6 is 23.8 Å². The molecule has 18 heavy (non-hydrogen) atoms. The third-order valence-electron chi connectivity index (χ3n) is 2.33. The average Bonchev–Trinajstić information content (AvgIpc) is 2.43. The van der Waals surface area contributed by atoms with Crippen LogP contribution in [0.15, 0.2) is 0 Å². The number of hydrogen-bond donors (Lipinski definition) is 1. The van der Waals surface area contributed by atoms with Gasteiger partial charge in [-0.1, -0.05) is 0 Å². The fourth-order valence-corrected chi connectivity index (χ4v) is 5.74. The van der Waals surface area contributed by atoms with Gasteiger partial charge in [0.1, 0.15) is 0 Å². The average molecular weight is 335 g/mol. The highest BCUT2D eigenvalue weighted by Crippen LogP contribution is 2.19. The predicted molar refractivity (Wildman–Crippen MR) is 78.8 cm³/mol. The Morgan fingerprint density at radius 1 is 0.889 bits per heavy atom. The number of thioether (sulfide) groups is 1. The molecule has 0 aliphatic heterocycles. The van der Waals surface area contributed by atoms with Gasteiger partial charge in [-0.2, -0.15) is 0 Å². The van der Waals surface area contributed by atoms with Gasteiger partial charge in [0.2, 0.25) is 0 Å².